The molecule has 0 aromatic carbocycles. The van der Waals surface area contributed by atoms with E-state index in [9.17, 15) is 14.4 Å². The van der Waals surface area contributed by atoms with Crippen molar-refractivity contribution >= 4 is 17.8 Å². The summed E-state index contributed by atoms with van der Waals surface area (Å²) >= 11 is 0. The number of carbonyl (C=O) groups is 3. The van der Waals surface area contributed by atoms with Gasteiger partial charge in [0.2, 0.25) is 0 Å². The Labute approximate surface area is 75.3 Å². The molecule has 0 rings (SSSR count). The van der Waals surface area contributed by atoms with Gasteiger partial charge in [0.15, 0.2) is 0 Å². The maximum atomic E-state index is 10.9. The lowest BCUT2D eigenvalue weighted by Crippen LogP contribution is -2.46. The van der Waals surface area contributed by atoms with Gasteiger partial charge in [-0.2, -0.15) is 0 Å². The van der Waals surface area contributed by atoms with E-state index < -0.39 is 23.8 Å². The number of rotatable bonds is 3. The average Bonchev–Trinajstić information content (AvgIpc) is 2.11. The third-order valence-electron chi connectivity index (χ3n) is 1.44. The predicted molar refractivity (Wildman–Crippen MR) is 43.9 cm³/mol. The lowest BCUT2D eigenvalue weighted by Gasteiger charge is -2.10. The molecule has 0 radical (unpaired) electrons. The second-order valence-electron chi connectivity index (χ2n) is 2.35. The van der Waals surface area contributed by atoms with Gasteiger partial charge in [-0.3, -0.25) is 9.59 Å². The van der Waals surface area contributed by atoms with Gasteiger partial charge in [0.25, 0.3) is 0 Å². The van der Waals surface area contributed by atoms with Crippen LogP contribution in [-0.2, 0) is 14.4 Å². The Morgan fingerprint density at radius 3 is 2.15 bits per heavy atom. The molecular formula is C7H12N2O4. The Morgan fingerprint density at radius 2 is 1.85 bits per heavy atom. The Hall–Kier alpha value is -1.59. The van der Waals surface area contributed by atoms with Crippen molar-refractivity contribution in [2.24, 2.45) is 0 Å². The predicted octanol–water partition coefficient (Wildman–Crippen LogP) is -1.29. The van der Waals surface area contributed by atoms with Gasteiger partial charge in [-0.1, -0.05) is 6.92 Å². The van der Waals surface area contributed by atoms with Crippen LogP contribution in [0.2, 0.25) is 0 Å². The molecular weight excluding hydrogens is 176 g/mol. The second-order valence-corrected chi connectivity index (χ2v) is 2.35. The molecule has 6 heteroatoms. The molecule has 3 N–H and O–H groups in total. The van der Waals surface area contributed by atoms with E-state index in [0.29, 0.717) is 0 Å². The molecule has 0 saturated carbocycles. The van der Waals surface area contributed by atoms with Crippen LogP contribution in [0.5, 0.6) is 0 Å². The van der Waals surface area contributed by atoms with E-state index in [-0.39, 0.29) is 6.42 Å². The Balaban J connectivity index is 4.17. The topological polar surface area (TPSA) is 95.5 Å². The van der Waals surface area contributed by atoms with E-state index in [2.05, 4.69) is 10.6 Å². The van der Waals surface area contributed by atoms with Crippen molar-refractivity contribution in [2.75, 3.05) is 7.05 Å². The molecule has 74 valence electrons. The molecule has 0 saturated heterocycles. The number of carbonyl (C=O) groups excluding carboxylic acids is 2. The van der Waals surface area contributed by atoms with Gasteiger partial charge in [0, 0.05) is 7.05 Å². The number of amides is 2. The molecule has 0 aliphatic carbocycles. The summed E-state index contributed by atoms with van der Waals surface area (Å²) in [5.74, 6) is -2.93. The second kappa shape index (κ2) is 5.13. The van der Waals surface area contributed by atoms with Crippen LogP contribution >= 0.6 is 0 Å². The van der Waals surface area contributed by atoms with Crippen molar-refractivity contribution < 1.29 is 19.5 Å². The summed E-state index contributed by atoms with van der Waals surface area (Å²) in [4.78, 5) is 32.0. The van der Waals surface area contributed by atoms with Crippen LogP contribution < -0.4 is 10.6 Å². The highest BCUT2D eigenvalue weighted by atomic mass is 16.4. The molecule has 0 aliphatic rings. The Bertz CT molecular complexity index is 227. The van der Waals surface area contributed by atoms with Crippen molar-refractivity contribution in [3.8, 4) is 0 Å². The molecule has 13 heavy (non-hydrogen) atoms. The van der Waals surface area contributed by atoms with Crippen molar-refractivity contribution in [3.63, 3.8) is 0 Å². The Morgan fingerprint density at radius 1 is 1.31 bits per heavy atom. The number of carboxylic acids is 1. The van der Waals surface area contributed by atoms with Crippen LogP contribution in [0.4, 0.5) is 0 Å². The summed E-state index contributed by atoms with van der Waals surface area (Å²) in [6.07, 6.45) is 0.234. The summed E-state index contributed by atoms with van der Waals surface area (Å²) in [5, 5.41) is 12.7. The molecule has 0 fully saturated rings. The number of hydrogen-bond acceptors (Lipinski definition) is 3. The van der Waals surface area contributed by atoms with E-state index in [4.69, 9.17) is 5.11 Å². The maximum Gasteiger partial charge on any atom is 0.326 e. The van der Waals surface area contributed by atoms with E-state index >= 15 is 0 Å². The molecule has 2 amide bonds. The quantitative estimate of drug-likeness (QED) is 0.480. The number of nitrogens with one attached hydrogen (secondary N) is 2. The first kappa shape index (κ1) is 11.4. The van der Waals surface area contributed by atoms with Gasteiger partial charge in [0.1, 0.15) is 6.04 Å². The highest BCUT2D eigenvalue weighted by Gasteiger charge is 2.20. The lowest BCUT2D eigenvalue weighted by molar-refractivity contribution is -0.144. The first-order valence-corrected chi connectivity index (χ1v) is 3.78. The fraction of sp³-hybridized carbons (Fsp3) is 0.571. The van der Waals surface area contributed by atoms with Gasteiger partial charge < -0.3 is 15.7 Å². The largest absolute Gasteiger partial charge is 0.480 e. The van der Waals surface area contributed by atoms with Crippen LogP contribution in [0, 0.1) is 0 Å². The van der Waals surface area contributed by atoms with Crippen LogP contribution in [0.3, 0.4) is 0 Å². The van der Waals surface area contributed by atoms with E-state index in [1.54, 1.807) is 6.92 Å². The van der Waals surface area contributed by atoms with Crippen molar-refractivity contribution in [3.05, 3.63) is 0 Å². The van der Waals surface area contributed by atoms with Crippen LogP contribution in [0.25, 0.3) is 0 Å². The third-order valence-corrected chi connectivity index (χ3v) is 1.44. The van der Waals surface area contributed by atoms with Crippen molar-refractivity contribution in [1.29, 1.82) is 0 Å². The maximum absolute atomic E-state index is 10.9. The molecule has 6 nitrogen and oxygen atoms in total. The molecule has 0 bridgehead atoms. The average molecular weight is 188 g/mol. The smallest absolute Gasteiger partial charge is 0.326 e. The zero-order chi connectivity index (χ0) is 10.4. The van der Waals surface area contributed by atoms with Crippen molar-refractivity contribution in [1.82, 2.24) is 10.6 Å². The van der Waals surface area contributed by atoms with Crippen molar-refractivity contribution in [2.45, 2.75) is 19.4 Å². The molecule has 1 unspecified atom stereocenters. The minimum absolute atomic E-state index is 0.234. The fourth-order valence-corrected chi connectivity index (χ4v) is 0.676. The standard InChI is InChI=1S/C7H12N2O4/c1-3-4(7(12)13)9-6(11)5(10)8-2/h4H,3H2,1-2H3,(H,8,10)(H,9,11)(H,12,13). The molecule has 0 heterocycles. The lowest BCUT2D eigenvalue weighted by atomic mass is 10.2. The normalized spacial score (nSPS) is 11.5. The summed E-state index contributed by atoms with van der Waals surface area (Å²) in [5.41, 5.74) is 0. The van der Waals surface area contributed by atoms with E-state index in [0.717, 1.165) is 0 Å². The van der Waals surface area contributed by atoms with Gasteiger partial charge in [-0.05, 0) is 6.42 Å². The summed E-state index contributed by atoms with van der Waals surface area (Å²) in [6, 6.07) is -1.01. The monoisotopic (exact) mass is 188 g/mol. The highest BCUT2D eigenvalue weighted by Crippen LogP contribution is 1.90. The van der Waals surface area contributed by atoms with Crippen LogP contribution in [-0.4, -0.2) is 36.0 Å². The fourth-order valence-electron chi connectivity index (χ4n) is 0.676. The molecule has 0 aliphatic heterocycles. The van der Waals surface area contributed by atoms with Crippen LogP contribution in [0.15, 0.2) is 0 Å². The minimum Gasteiger partial charge on any atom is -0.480 e. The number of hydrogen-bond donors (Lipinski definition) is 3. The van der Waals surface area contributed by atoms with Gasteiger partial charge in [-0.25, -0.2) is 4.79 Å². The number of likely N-dealkylation sites (N-methyl/N-ethyl adjacent to an activating group) is 1. The molecule has 0 spiro atoms. The van der Waals surface area contributed by atoms with E-state index in [1.807, 2.05) is 0 Å². The van der Waals surface area contributed by atoms with Crippen LogP contribution in [0.1, 0.15) is 13.3 Å². The first-order valence-electron chi connectivity index (χ1n) is 3.78. The summed E-state index contributed by atoms with van der Waals surface area (Å²) in [6.45, 7) is 1.60. The highest BCUT2D eigenvalue weighted by molar-refractivity contribution is 6.35. The third kappa shape index (κ3) is 3.55. The summed E-state index contributed by atoms with van der Waals surface area (Å²) < 4.78 is 0. The number of aliphatic carboxylic acids is 1. The minimum atomic E-state index is -1.15. The molecule has 0 aromatic rings. The molecule has 0 aromatic heterocycles. The van der Waals surface area contributed by atoms with E-state index in [1.165, 1.54) is 7.05 Å². The number of carboxylic acid groups (broad SMARTS) is 1. The Kier molecular flexibility index (Phi) is 4.50. The van der Waals surface area contributed by atoms with Gasteiger partial charge in [0.05, 0.1) is 0 Å². The van der Waals surface area contributed by atoms with Gasteiger partial charge >= 0.3 is 17.8 Å². The zero-order valence-electron chi connectivity index (χ0n) is 7.46. The van der Waals surface area contributed by atoms with Gasteiger partial charge in [-0.15, -0.1) is 0 Å². The first-order chi connectivity index (χ1) is 6.02. The summed E-state index contributed by atoms with van der Waals surface area (Å²) in [7, 11) is 1.30. The SMILES string of the molecule is CCC(NC(=O)C(=O)NC)C(=O)O. The zero-order valence-corrected chi connectivity index (χ0v) is 7.46. The molecule has 1 atom stereocenters.